The van der Waals surface area contributed by atoms with Crippen LogP contribution in [0.5, 0.6) is 0 Å². The van der Waals surface area contributed by atoms with Crippen LogP contribution in [0.3, 0.4) is 0 Å². The summed E-state index contributed by atoms with van der Waals surface area (Å²) in [6.07, 6.45) is -0.631. The molecule has 130 valence electrons. The molecule has 0 amide bonds. The maximum Gasteiger partial charge on any atom is 0.320 e. The van der Waals surface area contributed by atoms with Crippen LogP contribution in [0.1, 0.15) is 18.9 Å². The second-order valence-corrected chi connectivity index (χ2v) is 7.50. The Labute approximate surface area is 137 Å². The monoisotopic (exact) mass is 344 g/mol. The molecule has 0 aromatic heterocycles. The molecule has 0 aliphatic heterocycles. The molecule has 0 aliphatic carbocycles. The minimum atomic E-state index is -3.68. The third-order valence-electron chi connectivity index (χ3n) is 3.50. The van der Waals surface area contributed by atoms with Crippen molar-refractivity contribution in [3.63, 3.8) is 0 Å². The highest BCUT2D eigenvalue weighted by Crippen LogP contribution is 2.15. The zero-order valence-corrected chi connectivity index (χ0v) is 14.4. The van der Waals surface area contributed by atoms with E-state index in [9.17, 15) is 18.3 Å². The van der Waals surface area contributed by atoms with E-state index >= 15 is 0 Å². The van der Waals surface area contributed by atoms with Gasteiger partial charge in [0.25, 0.3) is 0 Å². The van der Waals surface area contributed by atoms with Crippen LogP contribution in [0.4, 0.5) is 0 Å². The standard InChI is InChI=1S/C15H24N2O5S/c1-4-14(15(19)20)16-9-12(18)10-17(3)23(21,22)13-7-5-11(2)6-8-13/h5-8,12,14,16,18H,4,9-10H2,1-3H3,(H,19,20)/t12-,14-/m1/s1. The highest BCUT2D eigenvalue weighted by molar-refractivity contribution is 7.89. The van der Waals surface area contributed by atoms with Crippen molar-refractivity contribution in [3.8, 4) is 0 Å². The number of rotatable bonds is 9. The Balaban J connectivity index is 2.65. The Morgan fingerprint density at radius 1 is 1.30 bits per heavy atom. The first-order valence-electron chi connectivity index (χ1n) is 7.35. The van der Waals surface area contributed by atoms with Gasteiger partial charge in [0.2, 0.25) is 10.0 Å². The minimum absolute atomic E-state index is 0.00142. The highest BCUT2D eigenvalue weighted by atomic mass is 32.2. The van der Waals surface area contributed by atoms with Gasteiger partial charge in [-0.05, 0) is 25.5 Å². The average molecular weight is 344 g/mol. The molecule has 0 radical (unpaired) electrons. The summed E-state index contributed by atoms with van der Waals surface area (Å²) in [5, 5.41) is 21.6. The van der Waals surface area contributed by atoms with E-state index in [-0.39, 0.29) is 18.0 Å². The van der Waals surface area contributed by atoms with Crippen molar-refractivity contribution < 1.29 is 23.4 Å². The van der Waals surface area contributed by atoms with Crippen LogP contribution in [0.2, 0.25) is 0 Å². The normalized spacial score (nSPS) is 14.7. The van der Waals surface area contributed by atoms with Gasteiger partial charge in [0.05, 0.1) is 11.0 Å². The molecule has 8 heteroatoms. The van der Waals surface area contributed by atoms with Gasteiger partial charge in [-0.15, -0.1) is 0 Å². The summed E-state index contributed by atoms with van der Waals surface area (Å²) in [6, 6.07) is 5.69. The molecular formula is C15H24N2O5S. The number of nitrogens with one attached hydrogen (secondary N) is 1. The molecule has 1 rings (SSSR count). The fourth-order valence-electron chi connectivity index (χ4n) is 2.03. The van der Waals surface area contributed by atoms with E-state index in [0.717, 1.165) is 9.87 Å². The number of benzene rings is 1. The smallest absolute Gasteiger partial charge is 0.320 e. The molecule has 7 nitrogen and oxygen atoms in total. The first-order valence-corrected chi connectivity index (χ1v) is 8.79. The van der Waals surface area contributed by atoms with Crippen molar-refractivity contribution in [1.29, 1.82) is 0 Å². The third kappa shape index (κ3) is 5.58. The van der Waals surface area contributed by atoms with Gasteiger partial charge >= 0.3 is 5.97 Å². The molecule has 0 saturated carbocycles. The fourth-order valence-corrected chi connectivity index (χ4v) is 3.24. The minimum Gasteiger partial charge on any atom is -0.480 e. The van der Waals surface area contributed by atoms with Crippen LogP contribution in [0.15, 0.2) is 29.2 Å². The van der Waals surface area contributed by atoms with Gasteiger partial charge in [-0.25, -0.2) is 8.42 Å². The van der Waals surface area contributed by atoms with Gasteiger partial charge in [-0.2, -0.15) is 4.31 Å². The Kier molecular flexibility index (Phi) is 7.14. The second-order valence-electron chi connectivity index (χ2n) is 5.46. The predicted molar refractivity (Wildman–Crippen MR) is 86.7 cm³/mol. The number of hydrogen-bond donors (Lipinski definition) is 3. The van der Waals surface area contributed by atoms with Crippen LogP contribution in [0, 0.1) is 6.92 Å². The molecule has 0 unspecified atom stereocenters. The fraction of sp³-hybridized carbons (Fsp3) is 0.533. The summed E-state index contributed by atoms with van der Waals surface area (Å²) in [4.78, 5) is 11.0. The first-order chi connectivity index (χ1) is 10.7. The highest BCUT2D eigenvalue weighted by Gasteiger charge is 2.23. The zero-order chi connectivity index (χ0) is 17.6. The number of carboxylic acids is 1. The van der Waals surface area contributed by atoms with Gasteiger partial charge in [-0.1, -0.05) is 24.6 Å². The number of aliphatic hydroxyl groups excluding tert-OH is 1. The van der Waals surface area contributed by atoms with Crippen molar-refractivity contribution >= 4 is 16.0 Å². The molecule has 0 bridgehead atoms. The van der Waals surface area contributed by atoms with E-state index in [1.165, 1.54) is 19.2 Å². The summed E-state index contributed by atoms with van der Waals surface area (Å²) in [5.74, 6) is -1.000. The number of hydrogen-bond acceptors (Lipinski definition) is 5. The molecule has 0 heterocycles. The molecule has 2 atom stereocenters. The Morgan fingerprint density at radius 3 is 2.35 bits per heavy atom. The molecule has 3 N–H and O–H groups in total. The number of aliphatic carboxylic acids is 1. The molecule has 0 aliphatic rings. The molecule has 0 saturated heterocycles. The summed E-state index contributed by atoms with van der Waals surface area (Å²) in [5.41, 5.74) is 0.954. The number of nitrogens with zero attached hydrogens (tertiary/aromatic N) is 1. The molecular weight excluding hydrogens is 320 g/mol. The quantitative estimate of drug-likeness (QED) is 0.600. The van der Waals surface area contributed by atoms with E-state index in [0.29, 0.717) is 6.42 Å². The van der Waals surface area contributed by atoms with Gasteiger partial charge < -0.3 is 15.5 Å². The second kappa shape index (κ2) is 8.39. The van der Waals surface area contributed by atoms with Crippen LogP contribution >= 0.6 is 0 Å². The zero-order valence-electron chi connectivity index (χ0n) is 13.6. The van der Waals surface area contributed by atoms with E-state index in [1.54, 1.807) is 19.1 Å². The van der Waals surface area contributed by atoms with E-state index in [2.05, 4.69) is 5.32 Å². The molecule has 23 heavy (non-hydrogen) atoms. The lowest BCUT2D eigenvalue weighted by Gasteiger charge is -2.22. The summed E-state index contributed by atoms with van der Waals surface area (Å²) < 4.78 is 25.8. The van der Waals surface area contributed by atoms with Crippen LogP contribution in [0.25, 0.3) is 0 Å². The summed E-state index contributed by atoms with van der Waals surface area (Å²) >= 11 is 0. The van der Waals surface area contributed by atoms with E-state index in [4.69, 9.17) is 5.11 Å². The lowest BCUT2D eigenvalue weighted by molar-refractivity contribution is -0.139. The lowest BCUT2D eigenvalue weighted by Crippen LogP contribution is -2.44. The van der Waals surface area contributed by atoms with Crippen molar-refractivity contribution in [2.45, 2.75) is 37.3 Å². The van der Waals surface area contributed by atoms with Gasteiger partial charge in [0.15, 0.2) is 0 Å². The van der Waals surface area contributed by atoms with Gasteiger partial charge in [0.1, 0.15) is 6.04 Å². The average Bonchev–Trinajstić information content (AvgIpc) is 2.47. The Hall–Kier alpha value is -1.48. The number of carbonyl (C=O) groups is 1. The van der Waals surface area contributed by atoms with Crippen molar-refractivity contribution in [2.24, 2.45) is 0 Å². The number of aryl methyl sites for hydroxylation is 1. The first kappa shape index (κ1) is 19.6. The van der Waals surface area contributed by atoms with E-state index in [1.807, 2.05) is 6.92 Å². The molecule has 1 aromatic carbocycles. The van der Waals surface area contributed by atoms with Gasteiger partial charge in [0, 0.05) is 20.1 Å². The number of aliphatic hydroxyl groups is 1. The molecule has 1 aromatic rings. The van der Waals surface area contributed by atoms with Crippen molar-refractivity contribution in [1.82, 2.24) is 9.62 Å². The van der Waals surface area contributed by atoms with Crippen LogP contribution < -0.4 is 5.32 Å². The number of likely N-dealkylation sites (N-methyl/N-ethyl adjacent to an activating group) is 1. The summed E-state index contributed by atoms with van der Waals surface area (Å²) in [6.45, 7) is 3.45. The third-order valence-corrected chi connectivity index (χ3v) is 5.34. The van der Waals surface area contributed by atoms with Gasteiger partial charge in [-0.3, -0.25) is 4.79 Å². The Morgan fingerprint density at radius 2 is 1.87 bits per heavy atom. The van der Waals surface area contributed by atoms with E-state index < -0.39 is 28.1 Å². The molecule has 0 fully saturated rings. The van der Waals surface area contributed by atoms with Crippen molar-refractivity contribution in [3.05, 3.63) is 29.8 Å². The molecule has 0 spiro atoms. The van der Waals surface area contributed by atoms with Crippen LogP contribution in [-0.4, -0.2) is 61.2 Å². The predicted octanol–water partition coefficient (Wildman–Crippen LogP) is 0.429. The topological polar surface area (TPSA) is 107 Å². The van der Waals surface area contributed by atoms with Crippen LogP contribution in [-0.2, 0) is 14.8 Å². The lowest BCUT2D eigenvalue weighted by atomic mass is 10.2. The van der Waals surface area contributed by atoms with Crippen molar-refractivity contribution in [2.75, 3.05) is 20.1 Å². The maximum atomic E-state index is 12.4. The maximum absolute atomic E-state index is 12.4. The number of sulfonamides is 1. The summed E-state index contributed by atoms with van der Waals surface area (Å²) in [7, 11) is -2.30. The Bertz CT molecular complexity index is 615. The number of carboxylic acid groups (broad SMARTS) is 1. The SMILES string of the molecule is CC[C@@H](NC[C@@H](O)CN(C)S(=O)(=O)c1ccc(C)cc1)C(=O)O. The largest absolute Gasteiger partial charge is 0.480 e.